The Morgan fingerprint density at radius 3 is 2.47 bits per heavy atom. The van der Waals surface area contributed by atoms with Crippen molar-refractivity contribution in [2.45, 2.75) is 38.9 Å². The summed E-state index contributed by atoms with van der Waals surface area (Å²) in [6, 6.07) is 12.9. The van der Waals surface area contributed by atoms with Crippen LogP contribution in [-0.4, -0.2) is 64.4 Å². The van der Waals surface area contributed by atoms with Gasteiger partial charge in [-0.2, -0.15) is 0 Å². The molecule has 0 unspecified atom stereocenters. The lowest BCUT2D eigenvalue weighted by Crippen LogP contribution is -2.55. The molecule has 3 heterocycles. The zero-order valence-corrected chi connectivity index (χ0v) is 19.3. The van der Waals surface area contributed by atoms with Crippen LogP contribution in [0.1, 0.15) is 30.9 Å². The summed E-state index contributed by atoms with van der Waals surface area (Å²) < 4.78 is 1.16. The molecule has 0 N–H and O–H groups in total. The molecule has 160 valence electrons. The largest absolute Gasteiger partial charge is 0.340 e. The lowest BCUT2D eigenvalue weighted by Gasteiger charge is -2.42. The predicted octanol–water partition coefficient (Wildman–Crippen LogP) is 3.79. The van der Waals surface area contributed by atoms with Crippen molar-refractivity contribution in [3.8, 4) is 0 Å². The second-order valence-corrected chi connectivity index (χ2v) is 9.46. The summed E-state index contributed by atoms with van der Waals surface area (Å²) in [6.45, 7) is 8.73. The van der Waals surface area contributed by atoms with Crippen molar-refractivity contribution < 1.29 is 4.79 Å². The molecule has 1 aromatic carbocycles. The Morgan fingerprint density at radius 2 is 1.77 bits per heavy atom. The van der Waals surface area contributed by atoms with Crippen LogP contribution in [0, 0.1) is 5.92 Å². The second kappa shape index (κ2) is 10.0. The van der Waals surface area contributed by atoms with Crippen LogP contribution in [0.2, 0.25) is 0 Å². The van der Waals surface area contributed by atoms with Gasteiger partial charge in [-0.15, -0.1) is 0 Å². The van der Waals surface area contributed by atoms with E-state index in [0.717, 1.165) is 63.1 Å². The highest BCUT2D eigenvalue weighted by atomic mass is 79.9. The molecule has 0 bridgehead atoms. The molecule has 2 aromatic rings. The topological polar surface area (TPSA) is 39.7 Å². The first-order valence-electron chi connectivity index (χ1n) is 11.0. The number of halogens is 1. The molecule has 1 aromatic heterocycles. The number of nitrogens with zero attached hydrogens (tertiary/aromatic N) is 4. The van der Waals surface area contributed by atoms with E-state index in [9.17, 15) is 4.79 Å². The van der Waals surface area contributed by atoms with E-state index >= 15 is 0 Å². The quantitative estimate of drug-likeness (QED) is 0.666. The van der Waals surface area contributed by atoms with Crippen LogP contribution in [0.25, 0.3) is 0 Å². The number of piperidine rings is 1. The van der Waals surface area contributed by atoms with Crippen LogP contribution in [-0.2, 0) is 17.9 Å². The molecule has 30 heavy (non-hydrogen) atoms. The van der Waals surface area contributed by atoms with Crippen LogP contribution in [0.4, 0.5) is 0 Å². The third-order valence-electron chi connectivity index (χ3n) is 6.50. The van der Waals surface area contributed by atoms with Crippen LogP contribution >= 0.6 is 15.9 Å². The molecule has 2 aliphatic heterocycles. The van der Waals surface area contributed by atoms with Crippen LogP contribution < -0.4 is 0 Å². The monoisotopic (exact) mass is 470 g/mol. The third-order valence-corrected chi connectivity index (χ3v) is 7.27. The number of aromatic nitrogens is 1. The predicted molar refractivity (Wildman–Crippen MR) is 123 cm³/mol. The Morgan fingerprint density at radius 1 is 1.03 bits per heavy atom. The van der Waals surface area contributed by atoms with Gasteiger partial charge in [-0.1, -0.05) is 34.1 Å². The number of rotatable bonds is 5. The van der Waals surface area contributed by atoms with E-state index in [1.807, 2.05) is 12.4 Å². The van der Waals surface area contributed by atoms with Gasteiger partial charge in [0.2, 0.25) is 5.91 Å². The Balaban J connectivity index is 1.25. The van der Waals surface area contributed by atoms with Gasteiger partial charge in [0, 0.05) is 61.5 Å². The Hall–Kier alpha value is -1.76. The molecule has 0 radical (unpaired) electrons. The first-order valence-corrected chi connectivity index (χ1v) is 11.8. The first kappa shape index (κ1) is 21.5. The van der Waals surface area contributed by atoms with Gasteiger partial charge in [0.1, 0.15) is 0 Å². The van der Waals surface area contributed by atoms with Gasteiger partial charge >= 0.3 is 0 Å². The number of amides is 1. The minimum absolute atomic E-state index is 0.181. The summed E-state index contributed by atoms with van der Waals surface area (Å²) in [5, 5.41) is 0. The highest BCUT2D eigenvalue weighted by molar-refractivity contribution is 9.10. The minimum Gasteiger partial charge on any atom is -0.340 e. The molecule has 0 spiro atoms. The molecule has 4 rings (SSSR count). The maximum Gasteiger partial charge on any atom is 0.225 e. The fourth-order valence-electron chi connectivity index (χ4n) is 4.62. The smallest absolute Gasteiger partial charge is 0.225 e. The van der Waals surface area contributed by atoms with Gasteiger partial charge in [0.05, 0.1) is 0 Å². The number of carbonyl (C=O) groups excluding carboxylic acids is 1. The normalized spacial score (nSPS) is 21.7. The zero-order valence-electron chi connectivity index (χ0n) is 17.7. The lowest BCUT2D eigenvalue weighted by atomic mass is 9.94. The van der Waals surface area contributed by atoms with Gasteiger partial charge in [0.25, 0.3) is 0 Å². The van der Waals surface area contributed by atoms with Crippen molar-refractivity contribution >= 4 is 21.8 Å². The number of piperazine rings is 1. The van der Waals surface area contributed by atoms with E-state index in [0.29, 0.717) is 11.9 Å². The van der Waals surface area contributed by atoms with E-state index in [4.69, 9.17) is 0 Å². The number of benzene rings is 1. The molecule has 5 nitrogen and oxygen atoms in total. The SMILES string of the molecule is C[C@@H]1CN(C(=O)C2CCN(Cc3ccncc3)CC2)CCN1Cc1ccccc1Br. The third kappa shape index (κ3) is 5.29. The number of likely N-dealkylation sites (tertiary alicyclic amines) is 1. The summed E-state index contributed by atoms with van der Waals surface area (Å²) in [5.41, 5.74) is 2.61. The van der Waals surface area contributed by atoms with Crippen LogP contribution in [0.15, 0.2) is 53.3 Å². The molecule has 0 aliphatic carbocycles. The number of pyridine rings is 1. The van der Waals surface area contributed by atoms with Crippen LogP contribution in [0.5, 0.6) is 0 Å². The van der Waals surface area contributed by atoms with Gasteiger partial charge in [-0.3, -0.25) is 19.6 Å². The minimum atomic E-state index is 0.181. The molecule has 1 atom stereocenters. The average molecular weight is 471 g/mol. The van der Waals surface area contributed by atoms with Crippen molar-refractivity contribution in [2.24, 2.45) is 5.92 Å². The van der Waals surface area contributed by atoms with Crippen molar-refractivity contribution in [3.05, 3.63) is 64.4 Å². The average Bonchev–Trinajstić information content (AvgIpc) is 2.77. The number of carbonyl (C=O) groups is 1. The van der Waals surface area contributed by atoms with Crippen LogP contribution in [0.3, 0.4) is 0 Å². The van der Waals surface area contributed by atoms with Crippen molar-refractivity contribution in [2.75, 3.05) is 32.7 Å². The molecular formula is C24H31BrN4O. The van der Waals surface area contributed by atoms with Crippen molar-refractivity contribution in [1.82, 2.24) is 19.7 Å². The highest BCUT2D eigenvalue weighted by Gasteiger charge is 2.32. The van der Waals surface area contributed by atoms with Crippen molar-refractivity contribution in [1.29, 1.82) is 0 Å². The van der Waals surface area contributed by atoms with E-state index in [-0.39, 0.29) is 5.92 Å². The molecule has 2 fully saturated rings. The maximum atomic E-state index is 13.2. The summed E-state index contributed by atoms with van der Waals surface area (Å²) in [5.74, 6) is 0.548. The summed E-state index contributed by atoms with van der Waals surface area (Å²) in [6.07, 6.45) is 5.64. The maximum absolute atomic E-state index is 13.2. The van der Waals surface area contributed by atoms with Gasteiger partial charge in [-0.05, 0) is 62.2 Å². The van der Waals surface area contributed by atoms with E-state index in [1.165, 1.54) is 11.1 Å². The molecule has 6 heteroatoms. The standard InChI is InChI=1S/C24H31BrN4O/c1-19-16-29(15-14-28(19)18-22-4-2-3-5-23(22)25)24(30)21-8-12-27(13-9-21)17-20-6-10-26-11-7-20/h2-7,10-11,19,21H,8-9,12-18H2,1H3/t19-/m1/s1. The summed E-state index contributed by atoms with van der Waals surface area (Å²) >= 11 is 3.66. The van der Waals surface area contributed by atoms with Gasteiger partial charge < -0.3 is 4.90 Å². The Bertz CT molecular complexity index is 838. The fraction of sp³-hybridized carbons (Fsp3) is 0.500. The zero-order chi connectivity index (χ0) is 20.9. The van der Waals surface area contributed by atoms with E-state index in [2.05, 4.69) is 78.9 Å². The first-order chi connectivity index (χ1) is 14.6. The van der Waals surface area contributed by atoms with Gasteiger partial charge in [-0.25, -0.2) is 0 Å². The van der Waals surface area contributed by atoms with Crippen molar-refractivity contribution in [3.63, 3.8) is 0 Å². The molecule has 2 saturated heterocycles. The summed E-state index contributed by atoms with van der Waals surface area (Å²) in [4.78, 5) is 24.3. The Kier molecular flexibility index (Phi) is 7.18. The number of hydrogen-bond donors (Lipinski definition) is 0. The summed E-state index contributed by atoms with van der Waals surface area (Å²) in [7, 11) is 0. The molecular weight excluding hydrogens is 440 g/mol. The number of hydrogen-bond acceptors (Lipinski definition) is 4. The van der Waals surface area contributed by atoms with Gasteiger partial charge in [0.15, 0.2) is 0 Å². The molecule has 2 aliphatic rings. The fourth-order valence-corrected chi connectivity index (χ4v) is 5.03. The van der Waals surface area contributed by atoms with E-state index < -0.39 is 0 Å². The lowest BCUT2D eigenvalue weighted by molar-refractivity contribution is -0.140. The van der Waals surface area contributed by atoms with E-state index in [1.54, 1.807) is 0 Å². The Labute approximate surface area is 188 Å². The second-order valence-electron chi connectivity index (χ2n) is 8.60. The molecule has 0 saturated carbocycles. The molecule has 1 amide bonds. The highest BCUT2D eigenvalue weighted by Crippen LogP contribution is 2.24.